The molecule has 0 N–H and O–H groups in total. The second-order valence-electron chi connectivity index (χ2n) is 4.51. The number of Topliss-reactive ketones (excluding diaryl/α,β-unsaturated/α-hetero) is 1. The zero-order valence-electron chi connectivity index (χ0n) is 9.68. The lowest BCUT2D eigenvalue weighted by molar-refractivity contribution is 0.0948. The number of hydrogen-bond acceptors (Lipinski definition) is 2. The molecule has 84 valence electrons. The van der Waals surface area contributed by atoms with Gasteiger partial charge in [-0.05, 0) is 36.1 Å². The first-order chi connectivity index (χ1) is 8.27. The molecule has 0 saturated heterocycles. The summed E-state index contributed by atoms with van der Waals surface area (Å²) >= 11 is 0. The van der Waals surface area contributed by atoms with E-state index in [2.05, 4.69) is 11.1 Å². The van der Waals surface area contributed by atoms with Crippen LogP contribution in [0.15, 0.2) is 42.7 Å². The van der Waals surface area contributed by atoms with Crippen molar-refractivity contribution in [3.8, 4) is 0 Å². The summed E-state index contributed by atoms with van der Waals surface area (Å²) in [5, 5.41) is 0. The van der Waals surface area contributed by atoms with Crippen LogP contribution in [0.4, 0.5) is 0 Å². The van der Waals surface area contributed by atoms with Crippen molar-refractivity contribution in [1.29, 1.82) is 0 Å². The normalized spacial score (nSPS) is 17.1. The van der Waals surface area contributed by atoms with Crippen molar-refractivity contribution in [3.63, 3.8) is 0 Å². The van der Waals surface area contributed by atoms with Gasteiger partial charge < -0.3 is 0 Å². The van der Waals surface area contributed by atoms with Gasteiger partial charge in [-0.25, -0.2) is 0 Å². The van der Waals surface area contributed by atoms with Crippen LogP contribution in [0, 0.1) is 6.92 Å². The molecule has 0 radical (unpaired) electrons. The Balaban J connectivity index is 1.94. The minimum absolute atomic E-state index is 0.0362. The number of carbonyl (C=O) groups excluding carboxylic acids is 1. The first-order valence-electron chi connectivity index (χ1n) is 5.80. The molecule has 0 amide bonds. The lowest BCUT2D eigenvalue weighted by atomic mass is 9.73. The average Bonchev–Trinajstić information content (AvgIpc) is 2.31. The summed E-state index contributed by atoms with van der Waals surface area (Å²) in [6, 6.07) is 10.0. The number of nitrogens with zero attached hydrogens (tertiary/aromatic N) is 1. The molecule has 0 saturated carbocycles. The zero-order valence-corrected chi connectivity index (χ0v) is 9.68. The molecule has 3 rings (SSSR count). The summed E-state index contributed by atoms with van der Waals surface area (Å²) in [5.41, 5.74) is 4.24. The highest BCUT2D eigenvalue weighted by Gasteiger charge is 2.32. The minimum atomic E-state index is 0.0362. The molecule has 0 aliphatic heterocycles. The van der Waals surface area contributed by atoms with Gasteiger partial charge in [-0.3, -0.25) is 9.78 Å². The van der Waals surface area contributed by atoms with Crippen LogP contribution >= 0.6 is 0 Å². The van der Waals surface area contributed by atoms with Gasteiger partial charge >= 0.3 is 0 Å². The third-order valence-corrected chi connectivity index (χ3v) is 3.48. The topological polar surface area (TPSA) is 30.0 Å². The Labute approximate surface area is 100 Å². The maximum absolute atomic E-state index is 12.4. The first-order valence-corrected chi connectivity index (χ1v) is 5.80. The van der Waals surface area contributed by atoms with Crippen LogP contribution in [0.1, 0.15) is 33.0 Å². The number of ketones is 1. The van der Waals surface area contributed by atoms with Gasteiger partial charge in [-0.15, -0.1) is 0 Å². The van der Waals surface area contributed by atoms with E-state index in [1.165, 1.54) is 11.1 Å². The Morgan fingerprint density at radius 2 is 2.12 bits per heavy atom. The molecular formula is C15H13NO. The van der Waals surface area contributed by atoms with Crippen molar-refractivity contribution in [2.45, 2.75) is 19.3 Å². The summed E-state index contributed by atoms with van der Waals surface area (Å²) in [6.45, 7) is 1.96. The SMILES string of the molecule is Cc1ccncc1C(=O)C1Cc2ccccc21. The van der Waals surface area contributed by atoms with E-state index < -0.39 is 0 Å². The molecule has 0 fully saturated rings. The zero-order chi connectivity index (χ0) is 11.8. The molecule has 0 bridgehead atoms. The monoisotopic (exact) mass is 223 g/mol. The Kier molecular flexibility index (Phi) is 2.29. The van der Waals surface area contributed by atoms with Crippen molar-refractivity contribution in [2.24, 2.45) is 0 Å². The van der Waals surface area contributed by atoms with Crippen LogP contribution in [0.25, 0.3) is 0 Å². The van der Waals surface area contributed by atoms with Gasteiger partial charge in [0.1, 0.15) is 0 Å². The highest BCUT2D eigenvalue weighted by Crippen LogP contribution is 2.37. The second kappa shape index (κ2) is 3.81. The van der Waals surface area contributed by atoms with Crippen LogP contribution in [-0.4, -0.2) is 10.8 Å². The molecule has 1 aromatic carbocycles. The molecule has 0 spiro atoms. The van der Waals surface area contributed by atoms with Crippen molar-refractivity contribution in [2.75, 3.05) is 0 Å². The fraction of sp³-hybridized carbons (Fsp3) is 0.200. The van der Waals surface area contributed by atoms with Crippen molar-refractivity contribution in [3.05, 3.63) is 65.0 Å². The van der Waals surface area contributed by atoms with Gasteiger partial charge in [0, 0.05) is 18.0 Å². The third kappa shape index (κ3) is 1.57. The largest absolute Gasteiger partial charge is 0.293 e. The fourth-order valence-corrected chi connectivity index (χ4v) is 2.40. The molecule has 2 heteroatoms. The van der Waals surface area contributed by atoms with E-state index in [-0.39, 0.29) is 11.7 Å². The maximum atomic E-state index is 12.4. The van der Waals surface area contributed by atoms with Crippen LogP contribution in [-0.2, 0) is 6.42 Å². The number of aromatic nitrogens is 1. The average molecular weight is 223 g/mol. The minimum Gasteiger partial charge on any atom is -0.293 e. The molecule has 1 aliphatic rings. The number of fused-ring (bicyclic) bond motifs is 1. The highest BCUT2D eigenvalue weighted by molar-refractivity contribution is 6.03. The van der Waals surface area contributed by atoms with E-state index in [1.54, 1.807) is 12.4 Å². The number of benzene rings is 1. The molecule has 1 unspecified atom stereocenters. The number of pyridine rings is 1. The van der Waals surface area contributed by atoms with E-state index in [9.17, 15) is 4.79 Å². The molecular weight excluding hydrogens is 210 g/mol. The second-order valence-corrected chi connectivity index (χ2v) is 4.51. The van der Waals surface area contributed by atoms with Crippen LogP contribution in [0.3, 0.4) is 0 Å². The van der Waals surface area contributed by atoms with Gasteiger partial charge in [0.2, 0.25) is 0 Å². The summed E-state index contributed by atoms with van der Waals surface area (Å²) in [6.07, 6.45) is 4.27. The lowest BCUT2D eigenvalue weighted by Gasteiger charge is -2.29. The van der Waals surface area contributed by atoms with E-state index in [1.807, 2.05) is 31.2 Å². The maximum Gasteiger partial charge on any atom is 0.172 e. The molecule has 2 aromatic rings. The Bertz CT molecular complexity index is 589. The van der Waals surface area contributed by atoms with E-state index in [4.69, 9.17) is 0 Å². The van der Waals surface area contributed by atoms with Gasteiger partial charge in [0.25, 0.3) is 0 Å². The molecule has 1 atom stereocenters. The van der Waals surface area contributed by atoms with Crippen molar-refractivity contribution < 1.29 is 4.79 Å². The van der Waals surface area contributed by atoms with E-state index in [0.717, 1.165) is 17.5 Å². The number of hydrogen-bond donors (Lipinski definition) is 0. The molecule has 1 heterocycles. The van der Waals surface area contributed by atoms with Gasteiger partial charge in [0.15, 0.2) is 5.78 Å². The predicted octanol–water partition coefficient (Wildman–Crippen LogP) is 2.91. The predicted molar refractivity (Wildman–Crippen MR) is 66.2 cm³/mol. The molecule has 1 aliphatic carbocycles. The Hall–Kier alpha value is -1.96. The van der Waals surface area contributed by atoms with Crippen molar-refractivity contribution >= 4 is 5.78 Å². The molecule has 1 aromatic heterocycles. The standard InChI is InChI=1S/C15H13NO/c1-10-6-7-16-9-14(10)15(17)13-8-11-4-2-3-5-12(11)13/h2-7,9,13H,8H2,1H3. The fourth-order valence-electron chi connectivity index (χ4n) is 2.40. The highest BCUT2D eigenvalue weighted by atomic mass is 16.1. The quantitative estimate of drug-likeness (QED) is 0.733. The summed E-state index contributed by atoms with van der Waals surface area (Å²) in [7, 11) is 0. The smallest absolute Gasteiger partial charge is 0.172 e. The van der Waals surface area contributed by atoms with Gasteiger partial charge in [0.05, 0.1) is 5.92 Å². The van der Waals surface area contributed by atoms with Gasteiger partial charge in [-0.2, -0.15) is 0 Å². The first kappa shape index (κ1) is 10.2. The van der Waals surface area contributed by atoms with Crippen molar-refractivity contribution in [1.82, 2.24) is 4.98 Å². The third-order valence-electron chi connectivity index (χ3n) is 3.48. The van der Waals surface area contributed by atoms with Gasteiger partial charge in [-0.1, -0.05) is 24.3 Å². The van der Waals surface area contributed by atoms with E-state index in [0.29, 0.717) is 0 Å². The summed E-state index contributed by atoms with van der Waals surface area (Å²) < 4.78 is 0. The van der Waals surface area contributed by atoms with E-state index >= 15 is 0 Å². The number of rotatable bonds is 2. The Morgan fingerprint density at radius 3 is 2.88 bits per heavy atom. The molecule has 2 nitrogen and oxygen atoms in total. The van der Waals surface area contributed by atoms with Crippen LogP contribution in [0.2, 0.25) is 0 Å². The Morgan fingerprint density at radius 1 is 1.29 bits per heavy atom. The lowest BCUT2D eigenvalue weighted by Crippen LogP contribution is -2.25. The summed E-state index contributed by atoms with van der Waals surface area (Å²) in [4.78, 5) is 16.4. The summed E-state index contributed by atoms with van der Waals surface area (Å²) in [5.74, 6) is 0.239. The molecule has 17 heavy (non-hydrogen) atoms. The number of aryl methyl sites for hydroxylation is 1. The van der Waals surface area contributed by atoms with Crippen LogP contribution in [0.5, 0.6) is 0 Å². The number of carbonyl (C=O) groups is 1. The van der Waals surface area contributed by atoms with Crippen LogP contribution < -0.4 is 0 Å².